The molecule has 0 spiro atoms. The van der Waals surface area contributed by atoms with E-state index in [1.54, 1.807) is 42.5 Å². The van der Waals surface area contributed by atoms with Crippen LogP contribution < -0.4 is 19.3 Å². The summed E-state index contributed by atoms with van der Waals surface area (Å²) in [6, 6.07) is 11.2. The van der Waals surface area contributed by atoms with Crippen LogP contribution in [0.1, 0.15) is 0 Å². The highest BCUT2D eigenvalue weighted by molar-refractivity contribution is 7.82. The topological polar surface area (TPSA) is 65.9 Å². The van der Waals surface area contributed by atoms with E-state index in [4.69, 9.17) is 38.7 Å². The largest absolute Gasteiger partial charge is 0.497 e. The molecule has 0 bridgehead atoms. The molecule has 1 aliphatic rings. The number of nitrogens with one attached hydrogen (secondary N) is 1. The van der Waals surface area contributed by atoms with Gasteiger partial charge in [-0.15, -0.1) is 0 Å². The lowest BCUT2D eigenvalue weighted by molar-refractivity contribution is 0.257. The number of rotatable bonds is 4. The van der Waals surface area contributed by atoms with Gasteiger partial charge in [-0.2, -0.15) is 0 Å². The van der Waals surface area contributed by atoms with E-state index in [0.29, 0.717) is 27.9 Å². The smallest absolute Gasteiger partial charge is 0.340 e. The van der Waals surface area contributed by atoms with Crippen LogP contribution in [-0.2, 0) is 0 Å². The molecule has 128 valence electrons. The normalized spacial score (nSPS) is 14.3. The SMILES string of the molecule is COc1ccc(N2C(=O)N(c3cccc(Cl)c3)C(=N)C2=S)c(OC)c1. The maximum Gasteiger partial charge on any atom is 0.340 e. The van der Waals surface area contributed by atoms with Gasteiger partial charge in [-0.3, -0.25) is 5.41 Å². The van der Waals surface area contributed by atoms with Crippen molar-refractivity contribution < 1.29 is 14.3 Å². The van der Waals surface area contributed by atoms with Crippen LogP contribution in [0.4, 0.5) is 16.2 Å². The van der Waals surface area contributed by atoms with Crippen molar-refractivity contribution in [2.45, 2.75) is 0 Å². The lowest BCUT2D eigenvalue weighted by atomic mass is 10.2. The number of carbonyl (C=O) groups excluding carboxylic acids is 1. The zero-order valence-electron chi connectivity index (χ0n) is 13.4. The summed E-state index contributed by atoms with van der Waals surface area (Å²) in [4.78, 5) is 15.5. The third kappa shape index (κ3) is 2.92. The molecule has 25 heavy (non-hydrogen) atoms. The van der Waals surface area contributed by atoms with E-state index in [0.717, 1.165) is 0 Å². The van der Waals surface area contributed by atoms with Crippen molar-refractivity contribution in [2.75, 3.05) is 24.0 Å². The summed E-state index contributed by atoms with van der Waals surface area (Å²) in [6.45, 7) is 0. The third-order valence-corrected chi connectivity index (χ3v) is 4.32. The van der Waals surface area contributed by atoms with Gasteiger partial charge in [0, 0.05) is 11.1 Å². The Hall–Kier alpha value is -2.64. The summed E-state index contributed by atoms with van der Waals surface area (Å²) < 4.78 is 10.5. The van der Waals surface area contributed by atoms with Crippen LogP contribution in [0.5, 0.6) is 11.5 Å². The maximum absolute atomic E-state index is 13.0. The van der Waals surface area contributed by atoms with E-state index >= 15 is 0 Å². The first-order valence-corrected chi connectivity index (χ1v) is 8.01. The van der Waals surface area contributed by atoms with E-state index in [1.807, 2.05) is 0 Å². The van der Waals surface area contributed by atoms with Crippen LogP contribution in [0.2, 0.25) is 5.02 Å². The van der Waals surface area contributed by atoms with E-state index < -0.39 is 6.03 Å². The minimum Gasteiger partial charge on any atom is -0.497 e. The Morgan fingerprint density at radius 2 is 1.84 bits per heavy atom. The highest BCUT2D eigenvalue weighted by atomic mass is 35.5. The van der Waals surface area contributed by atoms with Gasteiger partial charge in [0.1, 0.15) is 11.5 Å². The summed E-state index contributed by atoms with van der Waals surface area (Å²) in [7, 11) is 3.03. The Bertz CT molecular complexity index is 887. The number of hydrogen-bond acceptors (Lipinski definition) is 5. The van der Waals surface area contributed by atoms with Crippen molar-refractivity contribution in [3.05, 3.63) is 47.5 Å². The van der Waals surface area contributed by atoms with Gasteiger partial charge in [0.25, 0.3) is 0 Å². The first-order chi connectivity index (χ1) is 12.0. The number of anilines is 2. The summed E-state index contributed by atoms with van der Waals surface area (Å²) in [5.74, 6) is 0.899. The van der Waals surface area contributed by atoms with Gasteiger partial charge in [0.05, 0.1) is 25.6 Å². The fourth-order valence-electron chi connectivity index (χ4n) is 2.52. The second-order valence-electron chi connectivity index (χ2n) is 5.12. The molecule has 0 saturated carbocycles. The lowest BCUT2D eigenvalue weighted by Crippen LogP contribution is -2.33. The monoisotopic (exact) mass is 375 g/mol. The second kappa shape index (κ2) is 6.70. The molecule has 0 aromatic heterocycles. The fraction of sp³-hybridized carbons (Fsp3) is 0.118. The second-order valence-corrected chi connectivity index (χ2v) is 5.95. The minimum atomic E-state index is -0.472. The number of ether oxygens (including phenoxy) is 2. The lowest BCUT2D eigenvalue weighted by Gasteiger charge is -2.19. The first-order valence-electron chi connectivity index (χ1n) is 7.22. The Labute approximate surface area is 155 Å². The highest BCUT2D eigenvalue weighted by Crippen LogP contribution is 2.36. The quantitative estimate of drug-likeness (QED) is 0.817. The number of carbonyl (C=O) groups is 1. The third-order valence-electron chi connectivity index (χ3n) is 3.71. The Balaban J connectivity index is 2.06. The van der Waals surface area contributed by atoms with Crippen molar-refractivity contribution in [2.24, 2.45) is 0 Å². The zero-order valence-corrected chi connectivity index (χ0v) is 15.0. The Morgan fingerprint density at radius 1 is 1.08 bits per heavy atom. The molecule has 2 aromatic rings. The van der Waals surface area contributed by atoms with Crippen molar-refractivity contribution in [1.29, 1.82) is 5.41 Å². The molecule has 3 rings (SSSR count). The van der Waals surface area contributed by atoms with Crippen LogP contribution >= 0.6 is 23.8 Å². The van der Waals surface area contributed by atoms with Gasteiger partial charge in [-0.1, -0.05) is 29.9 Å². The molecule has 8 heteroatoms. The molecule has 0 aliphatic carbocycles. The number of methoxy groups -OCH3 is 2. The number of nitrogens with zero attached hydrogens (tertiary/aromatic N) is 2. The number of amidine groups is 1. The predicted molar refractivity (Wildman–Crippen MR) is 102 cm³/mol. The van der Waals surface area contributed by atoms with Crippen molar-refractivity contribution in [1.82, 2.24) is 0 Å². The summed E-state index contributed by atoms with van der Waals surface area (Å²) in [6.07, 6.45) is 0. The molecule has 1 saturated heterocycles. The van der Waals surface area contributed by atoms with E-state index in [9.17, 15) is 4.79 Å². The summed E-state index contributed by atoms with van der Waals surface area (Å²) in [5, 5.41) is 8.71. The van der Waals surface area contributed by atoms with E-state index in [1.165, 1.54) is 24.0 Å². The van der Waals surface area contributed by atoms with Gasteiger partial charge in [-0.05, 0) is 30.3 Å². The number of thiocarbonyl (C=S) groups is 1. The van der Waals surface area contributed by atoms with Crippen LogP contribution in [0.15, 0.2) is 42.5 Å². The molecule has 1 aliphatic heterocycles. The summed E-state index contributed by atoms with van der Waals surface area (Å²) >= 11 is 11.3. The summed E-state index contributed by atoms with van der Waals surface area (Å²) in [5.41, 5.74) is 0.910. The van der Waals surface area contributed by atoms with Gasteiger partial charge < -0.3 is 9.47 Å². The molecule has 6 nitrogen and oxygen atoms in total. The Kier molecular flexibility index (Phi) is 4.61. The first kappa shape index (κ1) is 17.2. The van der Waals surface area contributed by atoms with E-state index in [-0.39, 0.29) is 10.8 Å². The molecule has 1 heterocycles. The van der Waals surface area contributed by atoms with Crippen LogP contribution in [0, 0.1) is 5.41 Å². The molecular weight excluding hydrogens is 362 g/mol. The van der Waals surface area contributed by atoms with Crippen molar-refractivity contribution in [3.8, 4) is 11.5 Å². The fourth-order valence-corrected chi connectivity index (χ4v) is 2.97. The number of amides is 2. The average molecular weight is 376 g/mol. The van der Waals surface area contributed by atoms with Gasteiger partial charge in [0.2, 0.25) is 0 Å². The molecule has 0 radical (unpaired) electrons. The van der Waals surface area contributed by atoms with Crippen LogP contribution in [0.3, 0.4) is 0 Å². The highest BCUT2D eigenvalue weighted by Gasteiger charge is 2.41. The molecule has 0 atom stereocenters. The van der Waals surface area contributed by atoms with Crippen molar-refractivity contribution in [3.63, 3.8) is 0 Å². The van der Waals surface area contributed by atoms with Crippen LogP contribution in [-0.4, -0.2) is 31.1 Å². The Morgan fingerprint density at radius 3 is 2.48 bits per heavy atom. The van der Waals surface area contributed by atoms with Crippen molar-refractivity contribution >= 4 is 52.0 Å². The minimum absolute atomic E-state index is 0.0773. The zero-order chi connectivity index (χ0) is 18.1. The van der Waals surface area contributed by atoms with Gasteiger partial charge in [0.15, 0.2) is 10.8 Å². The standard InChI is InChI=1S/C17H14ClN3O3S/c1-23-12-6-7-13(14(9-12)24-2)21-16(25)15(19)20(17(21)22)11-5-3-4-10(18)8-11/h3-9,19H,1-2H3. The molecule has 2 aromatic carbocycles. The van der Waals surface area contributed by atoms with Gasteiger partial charge >= 0.3 is 6.03 Å². The molecule has 1 N–H and O–H groups in total. The number of hydrogen-bond donors (Lipinski definition) is 1. The number of benzene rings is 2. The number of halogens is 1. The predicted octanol–water partition coefficient (Wildman–Crippen LogP) is 4.11. The molecule has 0 unspecified atom stereocenters. The van der Waals surface area contributed by atoms with Gasteiger partial charge in [-0.25, -0.2) is 14.6 Å². The maximum atomic E-state index is 13.0. The molecular formula is C17H14ClN3O3S. The van der Waals surface area contributed by atoms with E-state index in [2.05, 4.69) is 0 Å². The van der Waals surface area contributed by atoms with Crippen LogP contribution in [0.25, 0.3) is 0 Å². The number of urea groups is 1. The molecule has 2 amide bonds. The molecule has 1 fully saturated rings. The average Bonchev–Trinajstić information content (AvgIpc) is 2.83.